The van der Waals surface area contributed by atoms with E-state index in [2.05, 4.69) is 29.2 Å². The number of amides is 1. The Morgan fingerprint density at radius 3 is 2.50 bits per heavy atom. The minimum absolute atomic E-state index is 0.105. The minimum Gasteiger partial charge on any atom is -0.395 e. The number of aliphatic hydroxyl groups excluding tert-OH is 1. The molecule has 22 heavy (non-hydrogen) atoms. The number of hydrogen-bond donors (Lipinski definition) is 1. The second-order valence-corrected chi connectivity index (χ2v) is 6.17. The fraction of sp³-hybridized carbons (Fsp3) is 0.611. The van der Waals surface area contributed by atoms with Crippen molar-refractivity contribution in [2.45, 2.75) is 26.2 Å². The van der Waals surface area contributed by atoms with Crippen LogP contribution in [0.2, 0.25) is 0 Å². The number of aliphatic hydroxyl groups is 1. The van der Waals surface area contributed by atoms with Crippen molar-refractivity contribution >= 4 is 5.91 Å². The van der Waals surface area contributed by atoms with Crippen molar-refractivity contribution in [3.63, 3.8) is 0 Å². The van der Waals surface area contributed by atoms with E-state index >= 15 is 0 Å². The molecule has 1 aliphatic heterocycles. The molecule has 1 fully saturated rings. The van der Waals surface area contributed by atoms with E-state index in [1.54, 1.807) is 0 Å². The van der Waals surface area contributed by atoms with E-state index in [-0.39, 0.29) is 18.4 Å². The van der Waals surface area contributed by atoms with Crippen molar-refractivity contribution in [2.24, 2.45) is 5.92 Å². The molecule has 4 heteroatoms. The molecule has 1 atom stereocenters. The quantitative estimate of drug-likeness (QED) is 0.835. The molecule has 1 amide bonds. The van der Waals surface area contributed by atoms with E-state index in [1.807, 2.05) is 17.9 Å². The maximum Gasteiger partial charge on any atom is 0.225 e. The summed E-state index contributed by atoms with van der Waals surface area (Å²) in [6.07, 6.45) is 3.05. The van der Waals surface area contributed by atoms with Gasteiger partial charge >= 0.3 is 0 Å². The van der Waals surface area contributed by atoms with Gasteiger partial charge in [0.2, 0.25) is 5.91 Å². The van der Waals surface area contributed by atoms with Crippen molar-refractivity contribution in [3.8, 4) is 0 Å². The molecule has 1 aromatic carbocycles. The third-order valence-corrected chi connectivity index (χ3v) is 4.47. The zero-order valence-electron chi connectivity index (χ0n) is 13.6. The van der Waals surface area contributed by atoms with E-state index < -0.39 is 0 Å². The molecule has 0 saturated carbocycles. The van der Waals surface area contributed by atoms with E-state index in [0.717, 1.165) is 45.4 Å². The van der Waals surface area contributed by atoms with Crippen LogP contribution in [0.5, 0.6) is 0 Å². The maximum atomic E-state index is 12.5. The van der Waals surface area contributed by atoms with Gasteiger partial charge in [-0.05, 0) is 24.8 Å². The molecule has 1 aromatic rings. The number of β-amino-alcohol motifs (C(OH)–C–C–N with tert-alkyl or cyclic N) is 1. The molecule has 2 rings (SSSR count). The van der Waals surface area contributed by atoms with Crippen LogP contribution in [0, 0.1) is 5.92 Å². The smallest absolute Gasteiger partial charge is 0.225 e. The number of piperazine rings is 1. The lowest BCUT2D eigenvalue weighted by atomic mass is 9.99. The molecule has 4 nitrogen and oxygen atoms in total. The summed E-state index contributed by atoms with van der Waals surface area (Å²) >= 11 is 0. The van der Waals surface area contributed by atoms with Crippen molar-refractivity contribution in [2.75, 3.05) is 39.3 Å². The Bertz CT molecular complexity index is 442. The van der Waals surface area contributed by atoms with Crippen LogP contribution in [0.3, 0.4) is 0 Å². The normalized spacial score (nSPS) is 17.5. The average molecular weight is 304 g/mol. The minimum atomic E-state index is 0.105. The number of carbonyl (C=O) groups excluding carboxylic acids is 1. The van der Waals surface area contributed by atoms with Gasteiger partial charge in [-0.15, -0.1) is 0 Å². The molecular formula is C18H28N2O2. The van der Waals surface area contributed by atoms with Crippen LogP contribution in [0.25, 0.3) is 0 Å². The molecule has 1 saturated heterocycles. The molecule has 122 valence electrons. The van der Waals surface area contributed by atoms with Gasteiger partial charge < -0.3 is 10.0 Å². The van der Waals surface area contributed by atoms with Crippen LogP contribution < -0.4 is 0 Å². The van der Waals surface area contributed by atoms with Crippen molar-refractivity contribution < 1.29 is 9.90 Å². The number of hydrogen-bond acceptors (Lipinski definition) is 3. The topological polar surface area (TPSA) is 43.8 Å². The number of nitrogens with zero attached hydrogens (tertiary/aromatic N) is 2. The molecule has 0 aromatic heterocycles. The molecule has 0 aliphatic carbocycles. The summed E-state index contributed by atoms with van der Waals surface area (Å²) in [7, 11) is 0. The SMILES string of the molecule is CC(CCCc1ccccc1)C(=O)N1CCN(CCO)CC1. The summed E-state index contributed by atoms with van der Waals surface area (Å²) in [5.74, 6) is 0.393. The van der Waals surface area contributed by atoms with E-state index in [0.29, 0.717) is 6.54 Å². The van der Waals surface area contributed by atoms with Gasteiger partial charge in [0.15, 0.2) is 0 Å². The Labute approximate surface area is 133 Å². The summed E-state index contributed by atoms with van der Waals surface area (Å²) < 4.78 is 0. The molecule has 1 N–H and O–H groups in total. The standard InChI is InChI=1S/C18H28N2O2/c1-16(6-5-9-17-7-3-2-4-8-17)18(22)20-12-10-19(11-13-20)14-15-21/h2-4,7-8,16,21H,5-6,9-15H2,1H3. The first-order valence-electron chi connectivity index (χ1n) is 8.36. The van der Waals surface area contributed by atoms with Crippen LogP contribution in [0.15, 0.2) is 30.3 Å². The van der Waals surface area contributed by atoms with Gasteiger partial charge in [-0.25, -0.2) is 0 Å². The average Bonchev–Trinajstić information content (AvgIpc) is 2.56. The molecular weight excluding hydrogens is 276 g/mol. The van der Waals surface area contributed by atoms with Gasteiger partial charge in [0.05, 0.1) is 6.61 Å². The molecule has 0 bridgehead atoms. The molecule has 0 radical (unpaired) electrons. The predicted octanol–water partition coefficient (Wildman–Crippen LogP) is 1.78. The number of benzene rings is 1. The van der Waals surface area contributed by atoms with Crippen LogP contribution in [-0.4, -0.2) is 60.1 Å². The molecule has 0 spiro atoms. The van der Waals surface area contributed by atoms with Gasteiger partial charge in [-0.3, -0.25) is 9.69 Å². The first-order valence-corrected chi connectivity index (χ1v) is 8.36. The first-order chi connectivity index (χ1) is 10.7. The summed E-state index contributed by atoms with van der Waals surface area (Å²) in [5, 5.41) is 8.95. The molecule has 1 aliphatic rings. The van der Waals surface area contributed by atoms with Crippen LogP contribution in [0.4, 0.5) is 0 Å². The predicted molar refractivity (Wildman–Crippen MR) is 88.6 cm³/mol. The Morgan fingerprint density at radius 2 is 1.86 bits per heavy atom. The van der Waals surface area contributed by atoms with E-state index in [9.17, 15) is 4.79 Å². The Morgan fingerprint density at radius 1 is 1.18 bits per heavy atom. The largest absolute Gasteiger partial charge is 0.395 e. The molecule has 1 unspecified atom stereocenters. The number of carbonyl (C=O) groups is 1. The first kappa shape index (κ1) is 17.0. The fourth-order valence-electron chi connectivity index (χ4n) is 3.03. The highest BCUT2D eigenvalue weighted by Gasteiger charge is 2.24. The van der Waals surface area contributed by atoms with Gasteiger partial charge in [0, 0.05) is 38.6 Å². The van der Waals surface area contributed by atoms with Gasteiger partial charge in [-0.1, -0.05) is 37.3 Å². The van der Waals surface area contributed by atoms with E-state index in [1.165, 1.54) is 5.56 Å². The maximum absolute atomic E-state index is 12.5. The fourth-order valence-corrected chi connectivity index (χ4v) is 3.03. The second-order valence-electron chi connectivity index (χ2n) is 6.17. The van der Waals surface area contributed by atoms with Crippen molar-refractivity contribution in [1.82, 2.24) is 9.80 Å². The highest BCUT2D eigenvalue weighted by molar-refractivity contribution is 5.78. The Kier molecular flexibility index (Phi) is 6.87. The van der Waals surface area contributed by atoms with Gasteiger partial charge in [0.1, 0.15) is 0 Å². The zero-order valence-corrected chi connectivity index (χ0v) is 13.6. The zero-order chi connectivity index (χ0) is 15.8. The van der Waals surface area contributed by atoms with Gasteiger partial charge in [0.25, 0.3) is 0 Å². The third-order valence-electron chi connectivity index (χ3n) is 4.47. The van der Waals surface area contributed by atoms with Crippen molar-refractivity contribution in [3.05, 3.63) is 35.9 Å². The van der Waals surface area contributed by atoms with Crippen LogP contribution in [0.1, 0.15) is 25.3 Å². The Balaban J connectivity index is 1.69. The highest BCUT2D eigenvalue weighted by Crippen LogP contribution is 2.14. The number of rotatable bonds is 7. The summed E-state index contributed by atoms with van der Waals surface area (Å²) in [5.41, 5.74) is 1.35. The second kappa shape index (κ2) is 8.91. The summed E-state index contributed by atoms with van der Waals surface area (Å²) in [4.78, 5) is 16.7. The summed E-state index contributed by atoms with van der Waals surface area (Å²) in [6.45, 7) is 6.31. The monoisotopic (exact) mass is 304 g/mol. The summed E-state index contributed by atoms with van der Waals surface area (Å²) in [6, 6.07) is 10.5. The highest BCUT2D eigenvalue weighted by atomic mass is 16.3. The lowest BCUT2D eigenvalue weighted by Gasteiger charge is -2.35. The Hall–Kier alpha value is -1.39. The third kappa shape index (κ3) is 5.11. The molecule has 1 heterocycles. The number of aryl methyl sites for hydroxylation is 1. The van der Waals surface area contributed by atoms with E-state index in [4.69, 9.17) is 5.11 Å². The van der Waals surface area contributed by atoms with Crippen molar-refractivity contribution in [1.29, 1.82) is 0 Å². The lowest BCUT2D eigenvalue weighted by Crippen LogP contribution is -2.50. The van der Waals surface area contributed by atoms with Crippen LogP contribution >= 0.6 is 0 Å². The van der Waals surface area contributed by atoms with Gasteiger partial charge in [-0.2, -0.15) is 0 Å². The van der Waals surface area contributed by atoms with Crippen LogP contribution in [-0.2, 0) is 11.2 Å². The lowest BCUT2D eigenvalue weighted by molar-refractivity contribution is -0.137.